The third-order valence-electron chi connectivity index (χ3n) is 4.24. The van der Waals surface area contributed by atoms with Gasteiger partial charge in [-0.15, -0.1) is 0 Å². The maximum atomic E-state index is 12.4. The van der Waals surface area contributed by atoms with E-state index in [1.807, 2.05) is 13.0 Å². The van der Waals surface area contributed by atoms with Crippen LogP contribution in [0.25, 0.3) is 0 Å². The predicted octanol–water partition coefficient (Wildman–Crippen LogP) is 2.01. The highest BCUT2D eigenvalue weighted by molar-refractivity contribution is 7.99. The predicted molar refractivity (Wildman–Crippen MR) is 104 cm³/mol. The number of carboxylic acid groups (broad SMARTS) is 1. The highest BCUT2D eigenvalue weighted by atomic mass is 32.2. The van der Waals surface area contributed by atoms with Gasteiger partial charge in [-0.25, -0.2) is 0 Å². The lowest BCUT2D eigenvalue weighted by atomic mass is 10.1. The summed E-state index contributed by atoms with van der Waals surface area (Å²) in [6.45, 7) is 3.29. The van der Waals surface area contributed by atoms with E-state index < -0.39 is 5.97 Å². The van der Waals surface area contributed by atoms with Crippen molar-refractivity contribution in [1.82, 2.24) is 10.2 Å². The van der Waals surface area contributed by atoms with Gasteiger partial charge in [0.25, 0.3) is 5.91 Å². The number of carbonyl (C=O) groups is 3. The molecule has 2 N–H and O–H groups in total. The van der Waals surface area contributed by atoms with Crippen LogP contribution in [0.5, 0.6) is 5.75 Å². The first-order chi connectivity index (χ1) is 13.0. The third-order valence-corrected chi connectivity index (χ3v) is 5.33. The maximum Gasteiger partial charge on any atom is 0.305 e. The Hall–Kier alpha value is -2.22. The Bertz CT molecular complexity index is 667. The largest absolute Gasteiger partial charge is 0.493 e. The van der Waals surface area contributed by atoms with Gasteiger partial charge in [0.1, 0.15) is 5.75 Å². The molecule has 0 spiro atoms. The summed E-state index contributed by atoms with van der Waals surface area (Å²) in [6, 6.07) is 6.79. The van der Waals surface area contributed by atoms with Gasteiger partial charge in [-0.2, -0.15) is 11.8 Å². The minimum absolute atomic E-state index is 0.0241. The fourth-order valence-electron chi connectivity index (χ4n) is 2.97. The maximum absolute atomic E-state index is 12.4. The molecule has 0 saturated carbocycles. The Morgan fingerprint density at radius 1 is 1.33 bits per heavy atom. The highest BCUT2D eigenvalue weighted by Gasteiger charge is 2.28. The Labute approximate surface area is 163 Å². The normalized spacial score (nSPS) is 16.6. The van der Waals surface area contributed by atoms with E-state index in [1.165, 1.54) is 0 Å². The van der Waals surface area contributed by atoms with E-state index in [4.69, 9.17) is 9.84 Å². The lowest BCUT2D eigenvalue weighted by molar-refractivity contribution is -0.140. The quantitative estimate of drug-likeness (QED) is 0.622. The molecular formula is C19H26N2O5S. The minimum Gasteiger partial charge on any atom is -0.493 e. The van der Waals surface area contributed by atoms with Gasteiger partial charge in [-0.05, 0) is 25.5 Å². The first kappa shape index (κ1) is 21.1. The van der Waals surface area contributed by atoms with Crippen LogP contribution >= 0.6 is 11.8 Å². The first-order valence-corrected chi connectivity index (χ1v) is 10.3. The van der Waals surface area contributed by atoms with E-state index in [9.17, 15) is 14.4 Å². The number of hydrogen-bond acceptors (Lipinski definition) is 5. The van der Waals surface area contributed by atoms with Crippen molar-refractivity contribution in [3.05, 3.63) is 29.8 Å². The zero-order valence-electron chi connectivity index (χ0n) is 15.5. The van der Waals surface area contributed by atoms with Crippen molar-refractivity contribution in [2.24, 2.45) is 0 Å². The number of para-hydroxylation sites is 1. The zero-order chi connectivity index (χ0) is 19.6. The SMILES string of the molecule is CCOc1ccccc1C(=O)NCCCC(=O)N1CCSCC1CC(=O)O. The van der Waals surface area contributed by atoms with Crippen molar-refractivity contribution in [1.29, 1.82) is 0 Å². The summed E-state index contributed by atoms with van der Waals surface area (Å²) in [4.78, 5) is 37.4. The van der Waals surface area contributed by atoms with E-state index in [-0.39, 0.29) is 30.7 Å². The van der Waals surface area contributed by atoms with Crippen molar-refractivity contribution in [3.8, 4) is 5.75 Å². The summed E-state index contributed by atoms with van der Waals surface area (Å²) in [5, 5.41) is 11.8. The number of benzene rings is 1. The second-order valence-electron chi connectivity index (χ2n) is 6.20. The lowest BCUT2D eigenvalue weighted by Crippen LogP contribution is -2.47. The molecule has 1 heterocycles. The molecule has 1 fully saturated rings. The molecule has 7 nitrogen and oxygen atoms in total. The molecule has 1 aliphatic rings. The fourth-order valence-corrected chi connectivity index (χ4v) is 4.03. The number of nitrogens with one attached hydrogen (secondary N) is 1. The Balaban J connectivity index is 1.79. The third kappa shape index (κ3) is 6.46. The molecule has 1 aromatic rings. The molecule has 0 aromatic heterocycles. The van der Waals surface area contributed by atoms with Crippen LogP contribution in [0.2, 0.25) is 0 Å². The van der Waals surface area contributed by atoms with Crippen LogP contribution < -0.4 is 10.1 Å². The van der Waals surface area contributed by atoms with Gasteiger partial charge in [-0.3, -0.25) is 14.4 Å². The van der Waals surface area contributed by atoms with Crippen molar-refractivity contribution in [2.45, 2.75) is 32.2 Å². The van der Waals surface area contributed by atoms with Gasteiger partial charge in [0.15, 0.2) is 0 Å². The second-order valence-corrected chi connectivity index (χ2v) is 7.35. The van der Waals surface area contributed by atoms with Gasteiger partial charge in [0.05, 0.1) is 24.6 Å². The van der Waals surface area contributed by atoms with E-state index in [2.05, 4.69) is 5.32 Å². The standard InChI is InChI=1S/C19H26N2O5S/c1-2-26-16-7-4-3-6-15(16)19(25)20-9-5-8-17(22)21-10-11-27-13-14(21)12-18(23)24/h3-4,6-7,14H,2,5,8-13H2,1H3,(H,20,25)(H,23,24). The number of ether oxygens (including phenoxy) is 1. The van der Waals surface area contributed by atoms with Crippen molar-refractivity contribution >= 4 is 29.5 Å². The Morgan fingerprint density at radius 2 is 2.11 bits per heavy atom. The number of rotatable bonds is 9. The van der Waals surface area contributed by atoms with Crippen molar-refractivity contribution < 1.29 is 24.2 Å². The Morgan fingerprint density at radius 3 is 2.85 bits per heavy atom. The summed E-state index contributed by atoms with van der Waals surface area (Å²) < 4.78 is 5.45. The summed E-state index contributed by atoms with van der Waals surface area (Å²) in [7, 11) is 0. The summed E-state index contributed by atoms with van der Waals surface area (Å²) in [6.07, 6.45) is 0.767. The second kappa shape index (κ2) is 10.8. The smallest absolute Gasteiger partial charge is 0.305 e. The number of aliphatic carboxylic acids is 1. The van der Waals surface area contributed by atoms with Crippen LogP contribution in [0.3, 0.4) is 0 Å². The number of carbonyl (C=O) groups excluding carboxylic acids is 2. The van der Waals surface area contributed by atoms with Crippen LogP contribution in [0.1, 0.15) is 36.5 Å². The number of nitrogens with zero attached hydrogens (tertiary/aromatic N) is 1. The molecule has 1 aromatic carbocycles. The molecule has 27 heavy (non-hydrogen) atoms. The van der Waals surface area contributed by atoms with Crippen LogP contribution in [0.15, 0.2) is 24.3 Å². The monoisotopic (exact) mass is 394 g/mol. The molecule has 148 valence electrons. The number of carboxylic acids is 1. The molecule has 0 bridgehead atoms. The molecular weight excluding hydrogens is 368 g/mol. The average Bonchev–Trinajstić information content (AvgIpc) is 2.65. The number of amides is 2. The van der Waals surface area contributed by atoms with E-state index in [0.717, 1.165) is 5.75 Å². The van der Waals surface area contributed by atoms with Crippen molar-refractivity contribution in [2.75, 3.05) is 31.2 Å². The summed E-state index contributed by atoms with van der Waals surface area (Å²) in [5.41, 5.74) is 0.472. The topological polar surface area (TPSA) is 95.9 Å². The minimum atomic E-state index is -0.888. The van der Waals surface area contributed by atoms with Gasteiger partial charge in [0.2, 0.25) is 5.91 Å². The number of thioether (sulfide) groups is 1. The molecule has 1 atom stereocenters. The molecule has 1 aliphatic heterocycles. The van der Waals surface area contributed by atoms with Gasteiger partial charge in [0, 0.05) is 31.0 Å². The van der Waals surface area contributed by atoms with E-state index >= 15 is 0 Å². The van der Waals surface area contributed by atoms with Crippen LogP contribution in [0, 0.1) is 0 Å². The van der Waals surface area contributed by atoms with Gasteiger partial charge in [-0.1, -0.05) is 12.1 Å². The first-order valence-electron chi connectivity index (χ1n) is 9.12. The summed E-state index contributed by atoms with van der Waals surface area (Å²) >= 11 is 1.68. The van der Waals surface area contributed by atoms with E-state index in [1.54, 1.807) is 34.9 Å². The van der Waals surface area contributed by atoms with Crippen LogP contribution in [-0.2, 0) is 9.59 Å². The van der Waals surface area contributed by atoms with Gasteiger partial charge >= 0.3 is 5.97 Å². The fraction of sp³-hybridized carbons (Fsp3) is 0.526. The molecule has 1 saturated heterocycles. The summed E-state index contributed by atoms with van der Waals surface area (Å²) in [5.74, 6) is 0.849. The zero-order valence-corrected chi connectivity index (χ0v) is 16.3. The Kier molecular flexibility index (Phi) is 8.44. The highest BCUT2D eigenvalue weighted by Crippen LogP contribution is 2.20. The average molecular weight is 394 g/mol. The lowest BCUT2D eigenvalue weighted by Gasteiger charge is -2.34. The van der Waals surface area contributed by atoms with E-state index in [0.29, 0.717) is 43.2 Å². The van der Waals surface area contributed by atoms with Crippen LogP contribution in [0.4, 0.5) is 0 Å². The molecule has 2 amide bonds. The van der Waals surface area contributed by atoms with Crippen LogP contribution in [-0.4, -0.2) is 65.0 Å². The van der Waals surface area contributed by atoms with Crippen molar-refractivity contribution in [3.63, 3.8) is 0 Å². The number of hydrogen-bond donors (Lipinski definition) is 2. The molecule has 0 aliphatic carbocycles. The molecule has 0 radical (unpaired) electrons. The molecule has 1 unspecified atom stereocenters. The van der Waals surface area contributed by atoms with Gasteiger partial charge < -0.3 is 20.1 Å². The molecule has 2 rings (SSSR count). The molecule has 8 heteroatoms.